The highest BCUT2D eigenvalue weighted by Gasteiger charge is 2.26. The fourth-order valence-corrected chi connectivity index (χ4v) is 3.30. The molecule has 0 unspecified atom stereocenters. The van der Waals surface area contributed by atoms with Crippen molar-refractivity contribution in [3.63, 3.8) is 0 Å². The molecule has 0 radical (unpaired) electrons. The highest BCUT2D eigenvalue weighted by Crippen LogP contribution is 2.22. The summed E-state index contributed by atoms with van der Waals surface area (Å²) >= 11 is 6.57. The standard InChI is InChI=1S/C15H21ClN4O4S/c1-2-24-13(22)11-9-25-15(18-11)20(19-12(21)8-16)14(23)17-10-6-4-3-5-7-10/h9-10H,2-8H2,1H3,(H,17,23)(H,19,21). The van der Waals surface area contributed by atoms with E-state index in [2.05, 4.69) is 15.7 Å². The first kappa shape index (κ1) is 19.5. The van der Waals surface area contributed by atoms with Crippen LogP contribution in [0.3, 0.4) is 0 Å². The summed E-state index contributed by atoms with van der Waals surface area (Å²) in [5.41, 5.74) is 2.48. The Labute approximate surface area is 154 Å². The third kappa shape index (κ3) is 5.57. The molecule has 138 valence electrons. The van der Waals surface area contributed by atoms with Gasteiger partial charge in [-0.2, -0.15) is 5.01 Å². The molecule has 1 aromatic rings. The highest BCUT2D eigenvalue weighted by molar-refractivity contribution is 7.14. The Morgan fingerprint density at radius 3 is 2.72 bits per heavy atom. The van der Waals surface area contributed by atoms with E-state index in [0.29, 0.717) is 0 Å². The number of nitrogens with one attached hydrogen (secondary N) is 2. The van der Waals surface area contributed by atoms with E-state index in [1.807, 2.05) is 0 Å². The summed E-state index contributed by atoms with van der Waals surface area (Å²) in [6.07, 6.45) is 5.07. The lowest BCUT2D eigenvalue weighted by Crippen LogP contribution is -2.54. The first-order chi connectivity index (χ1) is 12.0. The molecule has 0 aromatic carbocycles. The maximum atomic E-state index is 12.6. The number of nitrogens with zero attached hydrogens (tertiary/aromatic N) is 2. The molecule has 2 rings (SSSR count). The third-order valence-electron chi connectivity index (χ3n) is 3.66. The summed E-state index contributed by atoms with van der Waals surface area (Å²) in [6, 6.07) is -0.448. The predicted octanol–water partition coefficient (Wildman–Crippen LogP) is 2.44. The van der Waals surface area contributed by atoms with Crippen LogP contribution in [-0.4, -0.2) is 41.4 Å². The van der Waals surface area contributed by atoms with E-state index >= 15 is 0 Å². The summed E-state index contributed by atoms with van der Waals surface area (Å²) in [4.78, 5) is 40.1. The summed E-state index contributed by atoms with van der Waals surface area (Å²) in [6.45, 7) is 1.91. The number of amides is 3. The first-order valence-corrected chi connectivity index (χ1v) is 9.55. The van der Waals surface area contributed by atoms with Crippen molar-refractivity contribution < 1.29 is 19.1 Å². The van der Waals surface area contributed by atoms with Crippen molar-refractivity contribution in [1.29, 1.82) is 0 Å². The van der Waals surface area contributed by atoms with Gasteiger partial charge in [0.1, 0.15) is 5.88 Å². The molecule has 25 heavy (non-hydrogen) atoms. The minimum Gasteiger partial charge on any atom is -0.461 e. The quantitative estimate of drug-likeness (QED) is 0.458. The Bertz CT molecular complexity index is 618. The van der Waals surface area contributed by atoms with Crippen LogP contribution in [0, 0.1) is 0 Å². The molecule has 1 aliphatic carbocycles. The predicted molar refractivity (Wildman–Crippen MR) is 94.8 cm³/mol. The molecule has 1 aromatic heterocycles. The number of ether oxygens (including phenoxy) is 1. The SMILES string of the molecule is CCOC(=O)c1csc(N(NC(=O)CCl)C(=O)NC2CCCCC2)n1. The van der Waals surface area contributed by atoms with Gasteiger partial charge >= 0.3 is 12.0 Å². The fraction of sp³-hybridized carbons (Fsp3) is 0.600. The zero-order chi connectivity index (χ0) is 18.2. The van der Waals surface area contributed by atoms with E-state index in [1.54, 1.807) is 6.92 Å². The third-order valence-corrected chi connectivity index (χ3v) is 4.73. The molecular weight excluding hydrogens is 368 g/mol. The van der Waals surface area contributed by atoms with E-state index < -0.39 is 17.9 Å². The zero-order valence-corrected chi connectivity index (χ0v) is 15.5. The lowest BCUT2D eigenvalue weighted by atomic mass is 9.96. The van der Waals surface area contributed by atoms with Gasteiger partial charge in [-0.05, 0) is 19.8 Å². The molecule has 2 N–H and O–H groups in total. The average Bonchev–Trinajstić information content (AvgIpc) is 3.10. The van der Waals surface area contributed by atoms with Gasteiger partial charge in [0.15, 0.2) is 5.69 Å². The second kappa shape index (κ2) is 9.57. The fourth-order valence-electron chi connectivity index (χ4n) is 2.49. The van der Waals surface area contributed by atoms with Gasteiger partial charge in [0.2, 0.25) is 5.13 Å². The summed E-state index contributed by atoms with van der Waals surface area (Å²) in [5, 5.41) is 5.52. The molecule has 8 nitrogen and oxygen atoms in total. The van der Waals surface area contributed by atoms with Crippen LogP contribution in [0.25, 0.3) is 0 Å². The van der Waals surface area contributed by atoms with Gasteiger partial charge in [0, 0.05) is 11.4 Å². The van der Waals surface area contributed by atoms with E-state index in [-0.39, 0.29) is 29.4 Å². The normalized spacial score (nSPS) is 14.6. The Morgan fingerprint density at radius 2 is 2.08 bits per heavy atom. The lowest BCUT2D eigenvalue weighted by molar-refractivity contribution is -0.118. The average molecular weight is 389 g/mol. The Balaban J connectivity index is 2.12. The van der Waals surface area contributed by atoms with Crippen molar-refractivity contribution in [2.45, 2.75) is 45.1 Å². The number of hydrazine groups is 1. The Hall–Kier alpha value is -1.87. The number of aromatic nitrogens is 1. The monoisotopic (exact) mass is 388 g/mol. The van der Waals surface area contributed by atoms with Crippen LogP contribution in [0.4, 0.5) is 9.93 Å². The van der Waals surface area contributed by atoms with Gasteiger partial charge in [-0.15, -0.1) is 22.9 Å². The van der Waals surface area contributed by atoms with Gasteiger partial charge in [-0.3, -0.25) is 10.2 Å². The van der Waals surface area contributed by atoms with Crippen molar-refractivity contribution in [3.8, 4) is 0 Å². The number of anilines is 1. The van der Waals surface area contributed by atoms with Gasteiger partial charge in [-0.1, -0.05) is 19.3 Å². The second-order valence-electron chi connectivity index (χ2n) is 5.52. The van der Waals surface area contributed by atoms with Crippen molar-refractivity contribution in [1.82, 2.24) is 15.7 Å². The Kier molecular flexibility index (Phi) is 7.45. The summed E-state index contributed by atoms with van der Waals surface area (Å²) in [5.74, 6) is -1.43. The molecule has 10 heteroatoms. The number of urea groups is 1. The molecule has 0 bridgehead atoms. The number of thiazole rings is 1. The highest BCUT2D eigenvalue weighted by atomic mass is 35.5. The topological polar surface area (TPSA) is 101 Å². The number of hydrogen-bond acceptors (Lipinski definition) is 6. The molecule has 1 heterocycles. The number of carbonyl (C=O) groups excluding carboxylic acids is 3. The van der Waals surface area contributed by atoms with Crippen LogP contribution in [0.5, 0.6) is 0 Å². The van der Waals surface area contributed by atoms with Crippen molar-refractivity contribution in [2.75, 3.05) is 17.5 Å². The molecule has 0 atom stereocenters. The zero-order valence-electron chi connectivity index (χ0n) is 13.9. The number of alkyl halides is 1. The smallest absolute Gasteiger partial charge is 0.357 e. The number of esters is 1. The number of rotatable bonds is 5. The van der Waals surface area contributed by atoms with Crippen molar-refractivity contribution >= 4 is 46.0 Å². The van der Waals surface area contributed by atoms with E-state index in [1.165, 1.54) is 5.38 Å². The summed E-state index contributed by atoms with van der Waals surface area (Å²) in [7, 11) is 0. The van der Waals surface area contributed by atoms with E-state index in [0.717, 1.165) is 48.4 Å². The maximum Gasteiger partial charge on any atom is 0.357 e. The minimum atomic E-state index is -0.582. The molecule has 0 aliphatic heterocycles. The van der Waals surface area contributed by atoms with E-state index in [4.69, 9.17) is 16.3 Å². The number of hydrogen-bond donors (Lipinski definition) is 2. The number of halogens is 1. The van der Waals surface area contributed by atoms with Crippen LogP contribution in [0.15, 0.2) is 5.38 Å². The van der Waals surface area contributed by atoms with Gasteiger partial charge in [0.25, 0.3) is 5.91 Å². The largest absolute Gasteiger partial charge is 0.461 e. The van der Waals surface area contributed by atoms with Crippen LogP contribution < -0.4 is 15.8 Å². The summed E-state index contributed by atoms with van der Waals surface area (Å²) < 4.78 is 4.88. The van der Waals surface area contributed by atoms with Crippen LogP contribution in [0.1, 0.15) is 49.5 Å². The molecule has 3 amide bonds. The van der Waals surface area contributed by atoms with Crippen molar-refractivity contribution in [3.05, 3.63) is 11.1 Å². The van der Waals surface area contributed by atoms with E-state index in [9.17, 15) is 14.4 Å². The second-order valence-corrected chi connectivity index (χ2v) is 6.63. The molecule has 1 aliphatic rings. The van der Waals surface area contributed by atoms with Crippen LogP contribution in [0.2, 0.25) is 0 Å². The van der Waals surface area contributed by atoms with Gasteiger partial charge in [-0.25, -0.2) is 14.6 Å². The number of carbonyl (C=O) groups is 3. The molecule has 0 saturated heterocycles. The van der Waals surface area contributed by atoms with Crippen molar-refractivity contribution in [2.24, 2.45) is 0 Å². The molecule has 1 fully saturated rings. The van der Waals surface area contributed by atoms with Crippen LogP contribution in [-0.2, 0) is 9.53 Å². The van der Waals surface area contributed by atoms with Crippen LogP contribution >= 0.6 is 22.9 Å². The van der Waals surface area contributed by atoms with Gasteiger partial charge in [0.05, 0.1) is 6.61 Å². The van der Waals surface area contributed by atoms with Gasteiger partial charge < -0.3 is 10.1 Å². The molecular formula is C15H21ClN4O4S. The Morgan fingerprint density at radius 1 is 1.36 bits per heavy atom. The molecule has 0 spiro atoms. The minimum absolute atomic E-state index is 0.0566. The molecule has 1 saturated carbocycles. The maximum absolute atomic E-state index is 12.6. The lowest BCUT2D eigenvalue weighted by Gasteiger charge is -2.26. The first-order valence-electron chi connectivity index (χ1n) is 8.13.